The molecule has 0 amide bonds. The maximum atomic E-state index is 4.93. The van der Waals surface area contributed by atoms with Gasteiger partial charge in [-0.25, -0.2) is 0 Å². The molecule has 0 saturated carbocycles. The molecule has 3 heteroatoms. The zero-order valence-corrected chi connectivity index (χ0v) is 17.8. The molecule has 3 aromatic rings. The molecule has 0 aliphatic heterocycles. The molecule has 0 fully saturated rings. The molecule has 1 radical (unpaired) electrons. The van der Waals surface area contributed by atoms with Gasteiger partial charge in [0.2, 0.25) is 0 Å². The Labute approximate surface area is 167 Å². The Bertz CT molecular complexity index is 942. The molecule has 3 aromatic carbocycles. The quantitative estimate of drug-likeness (QED) is 0.377. The van der Waals surface area contributed by atoms with E-state index in [-0.39, 0.29) is 0 Å². The number of allylic oxidation sites excluding steroid dienone is 1. The van der Waals surface area contributed by atoms with E-state index in [1.807, 2.05) is 0 Å². The SMILES string of the molecule is CC1c2cccc3cccc(c23)C1[C]1C=Cc2ccccc21.[Cl][Zr][Cl]. The standard InChI is InChI=1S/C22H17.2ClH.Zr/c1-14-17-10-4-7-16-8-5-11-20(22(16)17)21(14)19-13-12-15-6-2-3-9-18(15)19;;;/h2-14,21H,1H3;2*1H;/q;;;+2/p-2. The molecule has 2 atom stereocenters. The van der Waals surface area contributed by atoms with Crippen LogP contribution >= 0.6 is 17.0 Å². The second-order valence-electron chi connectivity index (χ2n) is 6.51. The van der Waals surface area contributed by atoms with E-state index < -0.39 is 20.8 Å². The van der Waals surface area contributed by atoms with Crippen LogP contribution in [0.2, 0.25) is 0 Å². The molecule has 0 aromatic heterocycles. The van der Waals surface area contributed by atoms with Crippen LogP contribution in [0.4, 0.5) is 0 Å². The van der Waals surface area contributed by atoms with Gasteiger partial charge in [-0.3, -0.25) is 0 Å². The Morgan fingerprint density at radius 3 is 2.24 bits per heavy atom. The van der Waals surface area contributed by atoms with Crippen molar-refractivity contribution in [3.8, 4) is 0 Å². The van der Waals surface area contributed by atoms with Crippen molar-refractivity contribution in [2.75, 3.05) is 0 Å². The summed E-state index contributed by atoms with van der Waals surface area (Å²) in [7, 11) is 9.87. The summed E-state index contributed by atoms with van der Waals surface area (Å²) in [6.07, 6.45) is 4.59. The summed E-state index contributed by atoms with van der Waals surface area (Å²) in [4.78, 5) is 0. The molecule has 5 rings (SSSR count). The van der Waals surface area contributed by atoms with Crippen molar-refractivity contribution in [3.63, 3.8) is 0 Å². The summed E-state index contributed by atoms with van der Waals surface area (Å²) in [6.45, 7) is 2.38. The van der Waals surface area contributed by atoms with Crippen LogP contribution in [-0.2, 0) is 20.8 Å². The van der Waals surface area contributed by atoms with E-state index in [1.54, 1.807) is 0 Å². The van der Waals surface area contributed by atoms with Crippen LogP contribution < -0.4 is 0 Å². The Kier molecular flexibility index (Phi) is 5.19. The summed E-state index contributed by atoms with van der Waals surface area (Å²) in [5, 5.41) is 2.85. The van der Waals surface area contributed by atoms with Gasteiger partial charge in [-0.15, -0.1) is 0 Å². The van der Waals surface area contributed by atoms with Crippen molar-refractivity contribution in [1.29, 1.82) is 0 Å². The molecule has 2 aliphatic rings. The van der Waals surface area contributed by atoms with Crippen LogP contribution in [0, 0.1) is 5.92 Å². The fraction of sp³-hybridized carbons (Fsp3) is 0.136. The van der Waals surface area contributed by atoms with Crippen molar-refractivity contribution in [1.82, 2.24) is 0 Å². The number of halogens is 2. The Morgan fingerprint density at radius 1 is 0.800 bits per heavy atom. The van der Waals surface area contributed by atoms with Crippen LogP contribution in [0.25, 0.3) is 16.8 Å². The van der Waals surface area contributed by atoms with E-state index in [0.29, 0.717) is 11.8 Å². The Morgan fingerprint density at radius 2 is 1.48 bits per heavy atom. The van der Waals surface area contributed by atoms with E-state index >= 15 is 0 Å². The predicted octanol–water partition coefficient (Wildman–Crippen LogP) is 7.07. The average Bonchev–Trinajstić information content (AvgIpc) is 3.17. The van der Waals surface area contributed by atoms with Gasteiger partial charge in [0.15, 0.2) is 0 Å². The first kappa shape index (κ1) is 17.5. The van der Waals surface area contributed by atoms with Crippen molar-refractivity contribution >= 4 is 33.9 Å². The number of hydrogen-bond donors (Lipinski definition) is 0. The predicted molar refractivity (Wildman–Crippen MR) is 105 cm³/mol. The normalized spacial score (nSPS) is 20.3. The first-order valence-corrected chi connectivity index (χ1v) is 14.7. The summed E-state index contributed by atoms with van der Waals surface area (Å²) >= 11 is -0.826. The minimum absolute atomic E-state index is 0.473. The monoisotopic (exact) mass is 441 g/mol. The molecule has 0 saturated heterocycles. The van der Waals surface area contributed by atoms with Gasteiger partial charge in [-0.2, -0.15) is 0 Å². The second kappa shape index (κ2) is 7.39. The molecular weight excluding hydrogens is 426 g/mol. The molecule has 0 nitrogen and oxygen atoms in total. The van der Waals surface area contributed by atoms with Gasteiger partial charge in [-0.1, -0.05) is 79.7 Å². The Hall–Kier alpha value is -0.877. The molecule has 0 spiro atoms. The number of rotatable bonds is 1. The third-order valence-electron chi connectivity index (χ3n) is 5.34. The summed E-state index contributed by atoms with van der Waals surface area (Å²) < 4.78 is 0. The zero-order chi connectivity index (χ0) is 17.4. The zero-order valence-electron chi connectivity index (χ0n) is 13.8. The van der Waals surface area contributed by atoms with Crippen LogP contribution in [0.1, 0.15) is 41.0 Å². The summed E-state index contributed by atoms with van der Waals surface area (Å²) in [6, 6.07) is 22.3. The molecular formula is C22H17Cl2Zr. The minimum atomic E-state index is -0.826. The maximum absolute atomic E-state index is 4.93. The van der Waals surface area contributed by atoms with Gasteiger partial charge in [0.1, 0.15) is 0 Å². The van der Waals surface area contributed by atoms with Crippen molar-refractivity contribution < 1.29 is 20.8 Å². The molecule has 2 aliphatic carbocycles. The van der Waals surface area contributed by atoms with Gasteiger partial charge < -0.3 is 0 Å². The third kappa shape index (κ3) is 2.95. The Balaban J connectivity index is 0.000000490. The van der Waals surface area contributed by atoms with E-state index in [4.69, 9.17) is 17.0 Å². The first-order valence-electron chi connectivity index (χ1n) is 8.38. The molecule has 25 heavy (non-hydrogen) atoms. The van der Waals surface area contributed by atoms with Gasteiger partial charge in [0.25, 0.3) is 0 Å². The van der Waals surface area contributed by atoms with Crippen LogP contribution in [0.3, 0.4) is 0 Å². The molecule has 0 bridgehead atoms. The summed E-state index contributed by atoms with van der Waals surface area (Å²) in [5.74, 6) is 2.49. The van der Waals surface area contributed by atoms with Gasteiger partial charge in [-0.05, 0) is 38.9 Å². The van der Waals surface area contributed by atoms with Crippen molar-refractivity contribution in [2.45, 2.75) is 18.8 Å². The third-order valence-corrected chi connectivity index (χ3v) is 5.34. The van der Waals surface area contributed by atoms with Crippen molar-refractivity contribution in [2.24, 2.45) is 0 Å². The fourth-order valence-corrected chi connectivity index (χ4v) is 4.37. The van der Waals surface area contributed by atoms with E-state index in [2.05, 4.69) is 79.7 Å². The van der Waals surface area contributed by atoms with Crippen LogP contribution in [-0.4, -0.2) is 0 Å². The van der Waals surface area contributed by atoms with Crippen LogP contribution in [0.5, 0.6) is 0 Å². The summed E-state index contributed by atoms with van der Waals surface area (Å²) in [5.41, 5.74) is 5.76. The number of hydrogen-bond acceptors (Lipinski definition) is 0. The van der Waals surface area contributed by atoms with Crippen LogP contribution in [0.15, 0.2) is 66.7 Å². The van der Waals surface area contributed by atoms with E-state index in [0.717, 1.165) is 0 Å². The van der Waals surface area contributed by atoms with Gasteiger partial charge in [0.05, 0.1) is 0 Å². The first-order chi connectivity index (χ1) is 12.3. The molecule has 123 valence electrons. The second-order valence-corrected chi connectivity index (χ2v) is 10.2. The van der Waals surface area contributed by atoms with E-state index in [9.17, 15) is 0 Å². The average molecular weight is 444 g/mol. The van der Waals surface area contributed by atoms with Crippen molar-refractivity contribution in [3.05, 3.63) is 94.9 Å². The molecule has 0 N–H and O–H groups in total. The van der Waals surface area contributed by atoms with E-state index in [1.165, 1.54) is 38.9 Å². The fourth-order valence-electron chi connectivity index (χ4n) is 4.37. The molecule has 0 heterocycles. The van der Waals surface area contributed by atoms with Gasteiger partial charge >= 0.3 is 37.9 Å². The molecule has 2 unspecified atom stereocenters. The van der Waals surface area contributed by atoms with Gasteiger partial charge in [0, 0.05) is 11.8 Å². The number of fused-ring (bicyclic) bond motifs is 1. The topological polar surface area (TPSA) is 0 Å². The number of benzene rings is 3.